The number of amides is 1. The van der Waals surface area contributed by atoms with Crippen molar-refractivity contribution in [3.05, 3.63) is 50.0 Å². The highest BCUT2D eigenvalue weighted by molar-refractivity contribution is 9.11. The molecule has 0 unspecified atom stereocenters. The van der Waals surface area contributed by atoms with Crippen LogP contribution in [0.15, 0.2) is 39.4 Å². The molecule has 0 saturated heterocycles. The summed E-state index contributed by atoms with van der Waals surface area (Å²) in [5.74, 6) is 0.320. The molecule has 1 heterocycles. The average Bonchev–Trinajstić information content (AvgIpc) is 2.45. The number of carbonyl (C=O) groups is 1. The first-order valence-electron chi connectivity index (χ1n) is 6.17. The Morgan fingerprint density at radius 1 is 1.33 bits per heavy atom. The quantitative estimate of drug-likeness (QED) is 0.718. The molecule has 7 heteroatoms. The van der Waals surface area contributed by atoms with Crippen molar-refractivity contribution in [1.82, 2.24) is 4.98 Å². The summed E-state index contributed by atoms with van der Waals surface area (Å²) < 4.78 is 1.66. The third kappa shape index (κ3) is 4.18. The van der Waals surface area contributed by atoms with E-state index in [9.17, 15) is 4.79 Å². The Kier molecular flexibility index (Phi) is 5.61. The summed E-state index contributed by atoms with van der Waals surface area (Å²) in [6.07, 6.45) is 1.46. The number of rotatable bonds is 4. The zero-order valence-electron chi connectivity index (χ0n) is 11.1. The molecule has 2 rings (SSSR count). The monoisotopic (exact) mass is 431 g/mol. The highest BCUT2D eigenvalue weighted by atomic mass is 79.9. The molecule has 0 aliphatic rings. The average molecular weight is 434 g/mol. The fourth-order valence-corrected chi connectivity index (χ4v) is 2.57. The van der Waals surface area contributed by atoms with Gasteiger partial charge in [-0.05, 0) is 47.1 Å². The smallest absolute Gasteiger partial charge is 0.257 e. The van der Waals surface area contributed by atoms with Crippen molar-refractivity contribution >= 4 is 60.9 Å². The summed E-state index contributed by atoms with van der Waals surface area (Å²) in [5, 5.41) is 6.18. The zero-order valence-corrected chi connectivity index (χ0v) is 15.0. The van der Waals surface area contributed by atoms with E-state index in [1.54, 1.807) is 6.07 Å². The van der Waals surface area contributed by atoms with Gasteiger partial charge in [0, 0.05) is 21.7 Å². The standard InChI is InChI=1S/C14H12Br2ClN3O/c1-2-18-13-6-9(11(17)7-19-13)14(21)20-12-5-8(15)3-4-10(12)16/h3-7H,2H2,1H3,(H,18,19)(H,20,21). The summed E-state index contributed by atoms with van der Waals surface area (Å²) in [6, 6.07) is 7.16. The lowest BCUT2D eigenvalue weighted by Crippen LogP contribution is -2.14. The van der Waals surface area contributed by atoms with Crippen LogP contribution < -0.4 is 10.6 Å². The second kappa shape index (κ2) is 7.24. The molecular formula is C14H12Br2ClN3O. The molecule has 21 heavy (non-hydrogen) atoms. The first-order valence-corrected chi connectivity index (χ1v) is 8.13. The van der Waals surface area contributed by atoms with Crippen molar-refractivity contribution < 1.29 is 4.79 Å². The van der Waals surface area contributed by atoms with Crippen LogP contribution >= 0.6 is 43.5 Å². The largest absolute Gasteiger partial charge is 0.370 e. The number of benzene rings is 1. The molecule has 0 bridgehead atoms. The summed E-state index contributed by atoms with van der Waals surface area (Å²) >= 11 is 12.8. The maximum absolute atomic E-state index is 12.4. The van der Waals surface area contributed by atoms with Crippen molar-refractivity contribution in [2.75, 3.05) is 17.2 Å². The molecule has 4 nitrogen and oxygen atoms in total. The molecule has 0 saturated carbocycles. The third-order valence-electron chi connectivity index (χ3n) is 2.63. The molecule has 1 amide bonds. The van der Waals surface area contributed by atoms with E-state index in [4.69, 9.17) is 11.6 Å². The summed E-state index contributed by atoms with van der Waals surface area (Å²) in [4.78, 5) is 16.5. The van der Waals surface area contributed by atoms with Crippen LogP contribution in [-0.2, 0) is 0 Å². The van der Waals surface area contributed by atoms with Gasteiger partial charge in [-0.15, -0.1) is 0 Å². The van der Waals surface area contributed by atoms with Gasteiger partial charge in [0.1, 0.15) is 5.82 Å². The van der Waals surface area contributed by atoms with Gasteiger partial charge >= 0.3 is 0 Å². The second-order valence-corrected chi connectivity index (χ2v) is 6.34. The van der Waals surface area contributed by atoms with E-state index >= 15 is 0 Å². The Labute approximate surface area is 144 Å². The van der Waals surface area contributed by atoms with Gasteiger partial charge in [0.25, 0.3) is 5.91 Å². The number of hydrogen-bond donors (Lipinski definition) is 2. The minimum atomic E-state index is -0.291. The highest BCUT2D eigenvalue weighted by Crippen LogP contribution is 2.27. The highest BCUT2D eigenvalue weighted by Gasteiger charge is 2.14. The third-order valence-corrected chi connectivity index (χ3v) is 4.12. The van der Waals surface area contributed by atoms with Crippen LogP contribution in [0.25, 0.3) is 0 Å². The Morgan fingerprint density at radius 2 is 2.10 bits per heavy atom. The molecule has 0 atom stereocenters. The number of aromatic nitrogens is 1. The second-order valence-electron chi connectivity index (χ2n) is 4.16. The van der Waals surface area contributed by atoms with E-state index in [0.717, 1.165) is 8.95 Å². The van der Waals surface area contributed by atoms with Crippen LogP contribution in [0.3, 0.4) is 0 Å². The molecule has 1 aromatic carbocycles. The minimum Gasteiger partial charge on any atom is -0.370 e. The number of nitrogens with one attached hydrogen (secondary N) is 2. The topological polar surface area (TPSA) is 54.0 Å². The molecule has 0 aliphatic heterocycles. The van der Waals surface area contributed by atoms with Gasteiger partial charge in [-0.2, -0.15) is 0 Å². The number of hydrogen-bond acceptors (Lipinski definition) is 3. The molecular weight excluding hydrogens is 421 g/mol. The van der Waals surface area contributed by atoms with Gasteiger partial charge in [0.2, 0.25) is 0 Å². The van der Waals surface area contributed by atoms with Gasteiger partial charge < -0.3 is 10.6 Å². The van der Waals surface area contributed by atoms with E-state index in [0.29, 0.717) is 28.6 Å². The van der Waals surface area contributed by atoms with Crippen molar-refractivity contribution in [3.8, 4) is 0 Å². The fourth-order valence-electron chi connectivity index (χ4n) is 1.67. The Morgan fingerprint density at radius 3 is 2.81 bits per heavy atom. The normalized spacial score (nSPS) is 10.3. The van der Waals surface area contributed by atoms with E-state index in [1.165, 1.54) is 6.20 Å². The van der Waals surface area contributed by atoms with Crippen LogP contribution in [0.1, 0.15) is 17.3 Å². The Hall–Kier alpha value is -1.11. The van der Waals surface area contributed by atoms with Crippen LogP contribution in [0.4, 0.5) is 11.5 Å². The lowest BCUT2D eigenvalue weighted by Gasteiger charge is -2.10. The van der Waals surface area contributed by atoms with Crippen LogP contribution in [0.2, 0.25) is 5.02 Å². The maximum atomic E-state index is 12.4. The van der Waals surface area contributed by atoms with Crippen molar-refractivity contribution in [2.45, 2.75) is 6.92 Å². The van der Waals surface area contributed by atoms with Crippen molar-refractivity contribution in [1.29, 1.82) is 0 Å². The van der Waals surface area contributed by atoms with Gasteiger partial charge in [-0.3, -0.25) is 4.79 Å². The minimum absolute atomic E-state index is 0.291. The Balaban J connectivity index is 2.27. The van der Waals surface area contributed by atoms with E-state index in [-0.39, 0.29) is 5.91 Å². The molecule has 2 N–H and O–H groups in total. The molecule has 1 aromatic heterocycles. The van der Waals surface area contributed by atoms with E-state index < -0.39 is 0 Å². The Bertz CT molecular complexity index is 679. The zero-order chi connectivity index (χ0) is 15.4. The summed E-state index contributed by atoms with van der Waals surface area (Å²) in [6.45, 7) is 2.67. The first kappa shape index (κ1) is 16.3. The molecule has 0 spiro atoms. The van der Waals surface area contributed by atoms with Crippen LogP contribution in [0, 0.1) is 0 Å². The summed E-state index contributed by atoms with van der Waals surface area (Å²) in [5.41, 5.74) is 1.03. The van der Waals surface area contributed by atoms with E-state index in [1.807, 2.05) is 25.1 Å². The fraction of sp³-hybridized carbons (Fsp3) is 0.143. The number of anilines is 2. The van der Waals surface area contributed by atoms with Gasteiger partial charge in [-0.25, -0.2) is 4.98 Å². The molecule has 0 aliphatic carbocycles. The lowest BCUT2D eigenvalue weighted by atomic mass is 10.2. The number of halogens is 3. The van der Waals surface area contributed by atoms with Gasteiger partial charge in [0.15, 0.2) is 0 Å². The summed E-state index contributed by atoms with van der Waals surface area (Å²) in [7, 11) is 0. The maximum Gasteiger partial charge on any atom is 0.257 e. The van der Waals surface area contributed by atoms with E-state index in [2.05, 4.69) is 47.5 Å². The number of pyridine rings is 1. The number of nitrogens with zero attached hydrogens (tertiary/aromatic N) is 1. The SMILES string of the molecule is CCNc1cc(C(=O)Nc2cc(Br)ccc2Br)c(Cl)cn1. The molecule has 0 radical (unpaired) electrons. The predicted molar refractivity (Wildman–Crippen MR) is 93.2 cm³/mol. The molecule has 0 fully saturated rings. The van der Waals surface area contributed by atoms with Gasteiger partial charge in [-0.1, -0.05) is 27.5 Å². The lowest BCUT2D eigenvalue weighted by molar-refractivity contribution is 0.102. The van der Waals surface area contributed by atoms with Crippen molar-refractivity contribution in [2.24, 2.45) is 0 Å². The predicted octanol–water partition coefficient (Wildman–Crippen LogP) is 4.94. The van der Waals surface area contributed by atoms with Gasteiger partial charge in [0.05, 0.1) is 16.3 Å². The van der Waals surface area contributed by atoms with Crippen LogP contribution in [0.5, 0.6) is 0 Å². The van der Waals surface area contributed by atoms with Crippen molar-refractivity contribution in [3.63, 3.8) is 0 Å². The molecule has 2 aromatic rings. The molecule has 110 valence electrons. The van der Waals surface area contributed by atoms with Crippen LogP contribution in [-0.4, -0.2) is 17.4 Å². The number of carbonyl (C=O) groups excluding carboxylic acids is 1. The first-order chi connectivity index (χ1) is 10.0.